The SMILES string of the molecule is CCCCN1C(=O)NC(c2cccc(NC(=O)Nc3ccc(C(F)(F)F)cc3)c2)C(C(=O)OC)=C1C. The van der Waals surface area contributed by atoms with E-state index in [1.54, 1.807) is 31.2 Å². The lowest BCUT2D eigenvalue weighted by atomic mass is 9.94. The minimum atomic E-state index is -4.47. The molecule has 1 atom stereocenters. The second kappa shape index (κ2) is 11.1. The summed E-state index contributed by atoms with van der Waals surface area (Å²) < 4.78 is 43.1. The van der Waals surface area contributed by atoms with Crippen LogP contribution in [0.15, 0.2) is 59.8 Å². The molecule has 8 nitrogen and oxygen atoms in total. The first-order valence-corrected chi connectivity index (χ1v) is 11.3. The highest BCUT2D eigenvalue weighted by molar-refractivity contribution is 6.00. The minimum Gasteiger partial charge on any atom is -0.466 e. The van der Waals surface area contributed by atoms with Crippen LogP contribution in [0.3, 0.4) is 0 Å². The van der Waals surface area contributed by atoms with E-state index < -0.39 is 29.8 Å². The van der Waals surface area contributed by atoms with Crippen LogP contribution in [0.25, 0.3) is 0 Å². The van der Waals surface area contributed by atoms with Crippen molar-refractivity contribution in [2.45, 2.75) is 38.9 Å². The Balaban J connectivity index is 1.80. The molecule has 1 aliphatic heterocycles. The molecule has 1 heterocycles. The number of esters is 1. The zero-order chi connectivity index (χ0) is 26.5. The van der Waals surface area contributed by atoms with E-state index in [1.807, 2.05) is 6.92 Å². The van der Waals surface area contributed by atoms with Crippen LogP contribution in [0, 0.1) is 0 Å². The van der Waals surface area contributed by atoms with Gasteiger partial charge in [-0.2, -0.15) is 13.2 Å². The summed E-state index contributed by atoms with van der Waals surface area (Å²) in [6, 6.07) is 8.74. The van der Waals surface area contributed by atoms with E-state index in [-0.39, 0.29) is 17.3 Å². The van der Waals surface area contributed by atoms with Crippen molar-refractivity contribution in [1.29, 1.82) is 0 Å². The van der Waals surface area contributed by atoms with Gasteiger partial charge in [-0.15, -0.1) is 0 Å². The molecule has 1 aliphatic rings. The summed E-state index contributed by atoms with van der Waals surface area (Å²) in [5.74, 6) is -0.586. The quantitative estimate of drug-likeness (QED) is 0.424. The maximum absolute atomic E-state index is 12.8. The third-order valence-electron chi connectivity index (χ3n) is 5.68. The molecule has 1 unspecified atom stereocenters. The first-order chi connectivity index (χ1) is 17.0. The van der Waals surface area contributed by atoms with E-state index in [0.717, 1.165) is 37.1 Å². The average molecular weight is 505 g/mol. The number of amides is 4. The number of carbonyl (C=O) groups excluding carboxylic acids is 3. The number of benzene rings is 2. The maximum Gasteiger partial charge on any atom is 0.416 e. The molecule has 3 N–H and O–H groups in total. The predicted molar refractivity (Wildman–Crippen MR) is 128 cm³/mol. The van der Waals surface area contributed by atoms with Gasteiger partial charge in [0.1, 0.15) is 0 Å². The number of methoxy groups -OCH3 is 1. The summed E-state index contributed by atoms with van der Waals surface area (Å²) in [5.41, 5.74) is 0.998. The fraction of sp³-hybridized carbons (Fsp3) is 0.320. The molecular formula is C25H27F3N4O4. The number of carbonyl (C=O) groups is 3. The van der Waals surface area contributed by atoms with Gasteiger partial charge in [-0.3, -0.25) is 4.90 Å². The van der Waals surface area contributed by atoms with E-state index in [0.29, 0.717) is 23.5 Å². The summed E-state index contributed by atoms with van der Waals surface area (Å²) in [6.07, 6.45) is -2.84. The molecule has 0 fully saturated rings. The maximum atomic E-state index is 12.8. The summed E-state index contributed by atoms with van der Waals surface area (Å²) in [7, 11) is 1.26. The number of urea groups is 2. The van der Waals surface area contributed by atoms with Crippen LogP contribution in [-0.2, 0) is 15.7 Å². The van der Waals surface area contributed by atoms with E-state index in [9.17, 15) is 27.6 Å². The van der Waals surface area contributed by atoms with Gasteiger partial charge >= 0.3 is 24.2 Å². The summed E-state index contributed by atoms with van der Waals surface area (Å²) in [5, 5.41) is 7.90. The summed E-state index contributed by atoms with van der Waals surface area (Å²) in [6.45, 7) is 4.14. The number of hydrogen-bond donors (Lipinski definition) is 3. The molecule has 0 saturated heterocycles. The molecule has 0 radical (unpaired) electrons. The van der Waals surface area contributed by atoms with Crippen LogP contribution < -0.4 is 16.0 Å². The molecule has 0 aromatic heterocycles. The minimum absolute atomic E-state index is 0.176. The van der Waals surface area contributed by atoms with Crippen molar-refractivity contribution in [3.63, 3.8) is 0 Å². The number of allylic oxidation sites excluding steroid dienone is 1. The highest BCUT2D eigenvalue weighted by Crippen LogP contribution is 2.33. The molecule has 11 heteroatoms. The molecule has 2 aromatic carbocycles. The number of alkyl halides is 3. The number of hydrogen-bond acceptors (Lipinski definition) is 4. The van der Waals surface area contributed by atoms with Gasteiger partial charge in [0, 0.05) is 23.6 Å². The van der Waals surface area contributed by atoms with Crippen molar-refractivity contribution in [1.82, 2.24) is 10.2 Å². The Bertz CT molecular complexity index is 1160. The lowest BCUT2D eigenvalue weighted by Crippen LogP contribution is -2.48. The first-order valence-electron chi connectivity index (χ1n) is 11.3. The Hall–Kier alpha value is -4.02. The Labute approximate surface area is 206 Å². The number of halogens is 3. The fourth-order valence-corrected chi connectivity index (χ4v) is 3.82. The Morgan fingerprint density at radius 2 is 1.75 bits per heavy atom. The van der Waals surface area contributed by atoms with Gasteiger partial charge in [0.2, 0.25) is 0 Å². The van der Waals surface area contributed by atoms with Crippen molar-refractivity contribution >= 4 is 29.4 Å². The predicted octanol–water partition coefficient (Wildman–Crippen LogP) is 5.66. The molecule has 0 saturated carbocycles. The molecule has 0 bridgehead atoms. The van der Waals surface area contributed by atoms with Crippen molar-refractivity contribution in [2.75, 3.05) is 24.3 Å². The smallest absolute Gasteiger partial charge is 0.416 e. The highest BCUT2D eigenvalue weighted by Gasteiger charge is 2.36. The van der Waals surface area contributed by atoms with Crippen molar-refractivity contribution in [3.8, 4) is 0 Å². The lowest BCUT2D eigenvalue weighted by molar-refractivity contribution is -0.138. The van der Waals surface area contributed by atoms with E-state index >= 15 is 0 Å². The number of ether oxygens (including phenoxy) is 1. The van der Waals surface area contributed by atoms with Crippen molar-refractivity contribution in [3.05, 3.63) is 70.9 Å². The molecular weight excluding hydrogens is 477 g/mol. The largest absolute Gasteiger partial charge is 0.466 e. The van der Waals surface area contributed by atoms with E-state index in [4.69, 9.17) is 4.74 Å². The summed E-state index contributed by atoms with van der Waals surface area (Å²) >= 11 is 0. The van der Waals surface area contributed by atoms with Gasteiger partial charge in [0.25, 0.3) is 0 Å². The lowest BCUT2D eigenvalue weighted by Gasteiger charge is -2.35. The van der Waals surface area contributed by atoms with Crippen LogP contribution >= 0.6 is 0 Å². The molecule has 3 rings (SSSR count). The number of unbranched alkanes of at least 4 members (excludes halogenated alkanes) is 1. The van der Waals surface area contributed by atoms with Crippen molar-refractivity contribution < 1.29 is 32.3 Å². The van der Waals surface area contributed by atoms with Crippen LogP contribution in [0.4, 0.5) is 34.1 Å². The normalized spacial score (nSPS) is 15.9. The molecule has 36 heavy (non-hydrogen) atoms. The zero-order valence-electron chi connectivity index (χ0n) is 20.0. The second-order valence-corrected chi connectivity index (χ2v) is 8.16. The topological polar surface area (TPSA) is 99.8 Å². The van der Waals surface area contributed by atoms with Gasteiger partial charge < -0.3 is 20.7 Å². The third kappa shape index (κ3) is 6.15. The van der Waals surface area contributed by atoms with E-state index in [1.165, 1.54) is 12.0 Å². The van der Waals surface area contributed by atoms with Crippen molar-refractivity contribution in [2.24, 2.45) is 0 Å². The molecule has 4 amide bonds. The van der Waals surface area contributed by atoms with Crippen LogP contribution in [-0.4, -0.2) is 36.6 Å². The molecule has 2 aromatic rings. The number of anilines is 2. The Morgan fingerprint density at radius 3 is 2.36 bits per heavy atom. The van der Waals surface area contributed by atoms with Gasteiger partial charge in [-0.1, -0.05) is 25.5 Å². The summed E-state index contributed by atoms with van der Waals surface area (Å²) in [4.78, 5) is 39.3. The Morgan fingerprint density at radius 1 is 1.08 bits per heavy atom. The number of nitrogens with one attached hydrogen (secondary N) is 3. The molecule has 0 aliphatic carbocycles. The first kappa shape index (κ1) is 26.6. The monoisotopic (exact) mass is 504 g/mol. The zero-order valence-corrected chi connectivity index (χ0v) is 20.0. The van der Waals surface area contributed by atoms with E-state index in [2.05, 4.69) is 16.0 Å². The highest BCUT2D eigenvalue weighted by atomic mass is 19.4. The van der Waals surface area contributed by atoms with Gasteiger partial charge in [-0.05, 0) is 55.3 Å². The van der Waals surface area contributed by atoms with Gasteiger partial charge in [-0.25, -0.2) is 14.4 Å². The number of rotatable bonds is 7. The van der Waals surface area contributed by atoms with Crippen LogP contribution in [0.1, 0.15) is 43.9 Å². The second-order valence-electron chi connectivity index (χ2n) is 8.16. The van der Waals surface area contributed by atoms with Crippen LogP contribution in [0.5, 0.6) is 0 Å². The van der Waals surface area contributed by atoms with Gasteiger partial charge in [0.05, 0.1) is 24.3 Å². The molecule has 0 spiro atoms. The third-order valence-corrected chi connectivity index (χ3v) is 5.68. The standard InChI is InChI=1S/C25H27F3N4O4/c1-4-5-13-32-15(2)20(22(33)36-3)21(31-24(32)35)16-7-6-8-19(14-16)30-23(34)29-18-11-9-17(10-12-18)25(26,27)28/h6-12,14,21H,4-5,13H2,1-3H3,(H,31,35)(H2,29,30,34). The number of nitrogens with zero attached hydrogens (tertiary/aromatic N) is 1. The average Bonchev–Trinajstić information content (AvgIpc) is 2.83. The van der Waals surface area contributed by atoms with Crippen LogP contribution in [0.2, 0.25) is 0 Å². The Kier molecular flexibility index (Phi) is 8.23. The fourth-order valence-electron chi connectivity index (χ4n) is 3.82. The van der Waals surface area contributed by atoms with Gasteiger partial charge in [0.15, 0.2) is 0 Å². The molecule has 192 valence electrons.